The lowest BCUT2D eigenvalue weighted by Gasteiger charge is -2.29. The molecule has 0 aromatic carbocycles. The van der Waals surface area contributed by atoms with Gasteiger partial charge in [-0.25, -0.2) is 4.98 Å². The molecular formula is C20H27N3O3. The zero-order chi connectivity index (χ0) is 17.5. The number of hydrogen-bond acceptors (Lipinski definition) is 4. The molecular weight excluding hydrogens is 330 g/mol. The van der Waals surface area contributed by atoms with Gasteiger partial charge in [-0.3, -0.25) is 4.79 Å². The van der Waals surface area contributed by atoms with Gasteiger partial charge in [0.05, 0.1) is 0 Å². The van der Waals surface area contributed by atoms with Gasteiger partial charge >= 0.3 is 0 Å². The molecule has 2 heterocycles. The van der Waals surface area contributed by atoms with Crippen LogP contribution in [0.25, 0.3) is 0 Å². The fourth-order valence-corrected chi connectivity index (χ4v) is 3.59. The van der Waals surface area contributed by atoms with E-state index in [1.807, 2.05) is 6.08 Å². The lowest BCUT2D eigenvalue weighted by atomic mass is 9.86. The molecule has 0 radical (unpaired) electrons. The van der Waals surface area contributed by atoms with Crippen LogP contribution >= 0.6 is 0 Å². The number of carbonyl (C=O) groups excluding carboxylic acids is 1. The number of rotatable bonds is 3. The molecule has 1 saturated heterocycles. The van der Waals surface area contributed by atoms with Crippen LogP contribution in [0.4, 0.5) is 11.5 Å². The van der Waals surface area contributed by atoms with Crippen molar-refractivity contribution in [3.8, 4) is 11.8 Å². The summed E-state index contributed by atoms with van der Waals surface area (Å²) in [5, 5.41) is 11.1. The lowest BCUT2D eigenvalue weighted by molar-refractivity contribution is -0.496. The van der Waals surface area contributed by atoms with Crippen molar-refractivity contribution in [3.05, 3.63) is 35.2 Å². The van der Waals surface area contributed by atoms with E-state index in [1.54, 1.807) is 18.3 Å². The second kappa shape index (κ2) is 10.1. The molecule has 1 aromatic rings. The maximum atomic E-state index is 12.1. The highest BCUT2D eigenvalue weighted by molar-refractivity contribution is 5.97. The third-order valence-electron chi connectivity index (χ3n) is 5.10. The summed E-state index contributed by atoms with van der Waals surface area (Å²) in [4.78, 5) is 18.6. The van der Waals surface area contributed by atoms with Gasteiger partial charge in [-0.1, -0.05) is 30.8 Å². The van der Waals surface area contributed by atoms with E-state index < -0.39 is 0 Å². The fraction of sp³-hybridized carbons (Fsp3) is 0.500. The molecule has 4 N–H and O–H groups in total. The van der Waals surface area contributed by atoms with Crippen molar-refractivity contribution >= 4 is 17.3 Å². The van der Waals surface area contributed by atoms with Crippen molar-refractivity contribution in [1.82, 2.24) is 4.98 Å². The van der Waals surface area contributed by atoms with Crippen LogP contribution in [0.2, 0.25) is 0 Å². The first-order valence-corrected chi connectivity index (χ1v) is 9.16. The molecule has 0 atom stereocenters. The zero-order valence-corrected chi connectivity index (χ0v) is 15.0. The van der Waals surface area contributed by atoms with Crippen LogP contribution in [0, 0.1) is 23.0 Å². The largest absolute Gasteiger partial charge is 0.630 e. The number of aromatic nitrogens is 1. The van der Waals surface area contributed by atoms with E-state index in [4.69, 9.17) is 0 Å². The predicted octanol–water partition coefficient (Wildman–Crippen LogP) is 1.63. The van der Waals surface area contributed by atoms with E-state index in [-0.39, 0.29) is 17.2 Å². The molecule has 1 aromatic heterocycles. The number of quaternary nitrogens is 1. The van der Waals surface area contributed by atoms with Crippen molar-refractivity contribution in [2.24, 2.45) is 5.92 Å². The monoisotopic (exact) mass is 357 g/mol. The SMILES string of the molecule is O.O=C(C#CC=C1CCN(c2ncccc2[NH2+][O-])CC1)C1CCCCC1. The third kappa shape index (κ3) is 5.15. The van der Waals surface area contributed by atoms with Gasteiger partial charge in [0.25, 0.3) is 0 Å². The highest BCUT2D eigenvalue weighted by Gasteiger charge is 2.20. The van der Waals surface area contributed by atoms with Gasteiger partial charge in [0.15, 0.2) is 11.5 Å². The second-order valence-electron chi connectivity index (χ2n) is 6.79. The van der Waals surface area contributed by atoms with Crippen LogP contribution in [0.15, 0.2) is 30.0 Å². The minimum atomic E-state index is 0. The Morgan fingerprint density at radius 2 is 2.00 bits per heavy atom. The van der Waals surface area contributed by atoms with Crippen LogP contribution in [0.5, 0.6) is 0 Å². The Hall–Kier alpha value is -2.20. The molecule has 0 bridgehead atoms. The van der Waals surface area contributed by atoms with Crippen molar-refractivity contribution in [1.29, 1.82) is 0 Å². The summed E-state index contributed by atoms with van der Waals surface area (Å²) in [5.41, 5.74) is 2.76. The fourth-order valence-electron chi connectivity index (χ4n) is 3.59. The topological polar surface area (TPSA) is 104 Å². The van der Waals surface area contributed by atoms with Gasteiger partial charge in [-0.2, -0.15) is 0 Å². The number of carbonyl (C=O) groups is 1. The standard InChI is InChI=1S/C20H25N3O2.H2O/c24-19(17-7-2-1-3-8-17)10-4-6-16-11-14-23(15-12-16)20-18(22-25)9-5-13-21-20;/h5-6,9,13,17H,1-3,7-8,11-12,14-15,22H2;1H2. The van der Waals surface area contributed by atoms with E-state index in [9.17, 15) is 10.0 Å². The normalized spacial score (nSPS) is 17.7. The number of nitrogens with zero attached hydrogens (tertiary/aromatic N) is 2. The molecule has 26 heavy (non-hydrogen) atoms. The molecule has 1 aliphatic heterocycles. The minimum absolute atomic E-state index is 0. The number of pyridine rings is 1. The Balaban J connectivity index is 0.00000243. The van der Waals surface area contributed by atoms with Crippen molar-refractivity contribution in [2.45, 2.75) is 44.9 Å². The van der Waals surface area contributed by atoms with Crippen molar-refractivity contribution in [3.63, 3.8) is 0 Å². The summed E-state index contributed by atoms with van der Waals surface area (Å²) in [5.74, 6) is 6.83. The summed E-state index contributed by atoms with van der Waals surface area (Å²) in [7, 11) is 0. The maximum Gasteiger partial charge on any atom is 0.208 e. The minimum Gasteiger partial charge on any atom is -0.630 e. The van der Waals surface area contributed by atoms with Crippen LogP contribution < -0.4 is 10.4 Å². The van der Waals surface area contributed by atoms with Gasteiger partial charge in [0, 0.05) is 31.3 Å². The number of piperidine rings is 1. The first-order chi connectivity index (χ1) is 12.3. The average molecular weight is 357 g/mol. The predicted molar refractivity (Wildman–Crippen MR) is 102 cm³/mol. The Bertz CT molecular complexity index is 690. The second-order valence-corrected chi connectivity index (χ2v) is 6.79. The highest BCUT2D eigenvalue weighted by atomic mass is 16.5. The van der Waals surface area contributed by atoms with Crippen LogP contribution in [-0.4, -0.2) is 29.3 Å². The van der Waals surface area contributed by atoms with Crippen molar-refractivity contribution < 1.29 is 15.8 Å². The zero-order valence-electron chi connectivity index (χ0n) is 15.0. The number of ketones is 1. The first-order valence-electron chi connectivity index (χ1n) is 9.16. The number of allylic oxidation sites excluding steroid dienone is 1. The van der Waals surface area contributed by atoms with Gasteiger partial charge in [-0.15, -0.1) is 0 Å². The summed E-state index contributed by atoms with van der Waals surface area (Å²) >= 11 is 0. The summed E-state index contributed by atoms with van der Waals surface area (Å²) in [6, 6.07) is 3.57. The quantitative estimate of drug-likeness (QED) is 0.504. The summed E-state index contributed by atoms with van der Waals surface area (Å²) in [6.45, 7) is 1.64. The Kier molecular flexibility index (Phi) is 7.79. The number of nitrogens with two attached hydrogens (primary N) is 1. The molecule has 0 unspecified atom stereocenters. The van der Waals surface area contributed by atoms with Crippen LogP contribution in [0.3, 0.4) is 0 Å². The number of anilines is 1. The molecule has 0 amide bonds. The number of Topliss-reactive ketones (excluding diaryl/α,β-unsaturated/α-hetero) is 1. The summed E-state index contributed by atoms with van der Waals surface area (Å²) < 4.78 is 0. The smallest absolute Gasteiger partial charge is 0.208 e. The molecule has 2 fully saturated rings. The Morgan fingerprint density at radius 1 is 1.27 bits per heavy atom. The molecule has 6 heteroatoms. The van der Waals surface area contributed by atoms with Crippen LogP contribution in [0.1, 0.15) is 44.9 Å². The van der Waals surface area contributed by atoms with Gasteiger partial charge in [-0.05, 0) is 43.7 Å². The van der Waals surface area contributed by atoms with E-state index >= 15 is 0 Å². The molecule has 2 aliphatic rings. The van der Waals surface area contributed by atoms with E-state index in [1.165, 1.54) is 12.0 Å². The van der Waals surface area contributed by atoms with Gasteiger partial charge in [0.2, 0.25) is 5.78 Å². The third-order valence-corrected chi connectivity index (χ3v) is 5.10. The maximum absolute atomic E-state index is 12.1. The summed E-state index contributed by atoms with van der Waals surface area (Å²) in [6.07, 6.45) is 11.0. The average Bonchev–Trinajstić information content (AvgIpc) is 2.69. The lowest BCUT2D eigenvalue weighted by Crippen LogP contribution is -2.70. The first kappa shape index (κ1) is 20.1. The van der Waals surface area contributed by atoms with Gasteiger partial charge < -0.3 is 21.1 Å². The highest BCUT2D eigenvalue weighted by Crippen LogP contribution is 2.25. The van der Waals surface area contributed by atoms with E-state index in [0.717, 1.165) is 62.9 Å². The molecule has 0 spiro atoms. The number of hydrogen-bond donors (Lipinski definition) is 1. The van der Waals surface area contributed by atoms with Crippen LogP contribution in [-0.2, 0) is 4.79 Å². The molecule has 6 nitrogen and oxygen atoms in total. The molecule has 140 valence electrons. The van der Waals surface area contributed by atoms with E-state index in [0.29, 0.717) is 5.69 Å². The molecule has 1 aliphatic carbocycles. The van der Waals surface area contributed by atoms with E-state index in [2.05, 4.69) is 21.7 Å². The van der Waals surface area contributed by atoms with Crippen molar-refractivity contribution in [2.75, 3.05) is 18.0 Å². The molecule has 1 saturated carbocycles. The Labute approximate surface area is 154 Å². The van der Waals surface area contributed by atoms with Gasteiger partial charge in [0.1, 0.15) is 0 Å². The Morgan fingerprint density at radius 3 is 2.69 bits per heavy atom. The molecule has 3 rings (SSSR count).